The Kier molecular flexibility index (Phi) is 8.48. The van der Waals surface area contributed by atoms with Gasteiger partial charge in [-0.15, -0.1) is 0 Å². The molecule has 1 N–H and O–H groups in total. The van der Waals surface area contributed by atoms with Crippen LogP contribution in [-0.4, -0.2) is 42.4 Å². The van der Waals surface area contributed by atoms with Crippen molar-refractivity contribution >= 4 is 17.8 Å². The Morgan fingerprint density at radius 1 is 1.21 bits per heavy atom. The number of rotatable bonds is 8. The smallest absolute Gasteiger partial charge is 0.306 e. The molecular formula is C22H32N2O4. The number of ether oxygens (including phenoxy) is 1. The van der Waals surface area contributed by atoms with E-state index in [1.54, 1.807) is 0 Å². The van der Waals surface area contributed by atoms with Gasteiger partial charge in [-0.25, -0.2) is 0 Å². The fraction of sp³-hybridized carbons (Fsp3) is 0.591. The zero-order valence-electron chi connectivity index (χ0n) is 17.1. The molecule has 6 heteroatoms. The number of nitrogens with zero attached hydrogens (tertiary/aromatic N) is 1. The van der Waals surface area contributed by atoms with Gasteiger partial charge in [0.25, 0.3) is 0 Å². The Morgan fingerprint density at radius 3 is 2.57 bits per heavy atom. The van der Waals surface area contributed by atoms with Gasteiger partial charge in [-0.1, -0.05) is 44.2 Å². The summed E-state index contributed by atoms with van der Waals surface area (Å²) in [6, 6.07) is 9.33. The van der Waals surface area contributed by atoms with Crippen LogP contribution in [0.25, 0.3) is 0 Å². The van der Waals surface area contributed by atoms with E-state index in [1.807, 2.05) is 49.1 Å². The van der Waals surface area contributed by atoms with Crippen LogP contribution in [0.1, 0.15) is 51.5 Å². The summed E-state index contributed by atoms with van der Waals surface area (Å²) in [7, 11) is 1.32. The monoisotopic (exact) mass is 388 g/mol. The van der Waals surface area contributed by atoms with Crippen LogP contribution >= 0.6 is 0 Å². The lowest BCUT2D eigenvalue weighted by atomic mass is 9.93. The molecule has 0 radical (unpaired) electrons. The van der Waals surface area contributed by atoms with Crippen molar-refractivity contribution in [1.29, 1.82) is 0 Å². The number of hydrogen-bond donors (Lipinski definition) is 1. The SMILES string of the molecule is COC(=O)C[C@@H](CC(C)C)C(=O)N[C@H]1CCCCN(Cc2ccccc2)C1=O. The van der Waals surface area contributed by atoms with Crippen molar-refractivity contribution in [2.45, 2.75) is 58.5 Å². The van der Waals surface area contributed by atoms with Crippen molar-refractivity contribution < 1.29 is 19.1 Å². The maximum absolute atomic E-state index is 13.0. The van der Waals surface area contributed by atoms with Gasteiger partial charge in [0.1, 0.15) is 6.04 Å². The summed E-state index contributed by atoms with van der Waals surface area (Å²) in [5, 5.41) is 2.92. The molecule has 154 valence electrons. The Hall–Kier alpha value is -2.37. The van der Waals surface area contributed by atoms with E-state index in [0.29, 0.717) is 25.9 Å². The molecule has 1 aliphatic heterocycles. The summed E-state index contributed by atoms with van der Waals surface area (Å²) in [6.07, 6.45) is 3.05. The normalized spacial score (nSPS) is 18.5. The number of benzene rings is 1. The Labute approximate surface area is 167 Å². The second kappa shape index (κ2) is 10.8. The first-order valence-corrected chi connectivity index (χ1v) is 10.1. The number of methoxy groups -OCH3 is 1. The topological polar surface area (TPSA) is 75.7 Å². The van der Waals surface area contributed by atoms with Crippen molar-refractivity contribution in [1.82, 2.24) is 10.2 Å². The largest absolute Gasteiger partial charge is 0.469 e. The van der Waals surface area contributed by atoms with Crippen molar-refractivity contribution in [3.05, 3.63) is 35.9 Å². The van der Waals surface area contributed by atoms with Gasteiger partial charge in [-0.3, -0.25) is 14.4 Å². The van der Waals surface area contributed by atoms with Crippen LogP contribution in [-0.2, 0) is 25.7 Å². The second-order valence-electron chi connectivity index (χ2n) is 7.91. The summed E-state index contributed by atoms with van der Waals surface area (Å²) in [5.74, 6) is -0.903. The van der Waals surface area contributed by atoms with E-state index >= 15 is 0 Å². The highest BCUT2D eigenvalue weighted by molar-refractivity contribution is 5.90. The summed E-state index contributed by atoms with van der Waals surface area (Å²) in [4.78, 5) is 39.4. The zero-order valence-corrected chi connectivity index (χ0v) is 17.1. The Morgan fingerprint density at radius 2 is 1.93 bits per heavy atom. The zero-order chi connectivity index (χ0) is 20.5. The van der Waals surface area contributed by atoms with Crippen LogP contribution in [0.4, 0.5) is 0 Å². The molecule has 0 saturated carbocycles. The third-order valence-corrected chi connectivity index (χ3v) is 5.08. The highest BCUT2D eigenvalue weighted by Gasteiger charge is 2.31. The van der Waals surface area contributed by atoms with Gasteiger partial charge in [0.05, 0.1) is 13.5 Å². The maximum atomic E-state index is 13.0. The maximum Gasteiger partial charge on any atom is 0.306 e. The number of likely N-dealkylation sites (tertiary alicyclic amines) is 1. The molecule has 1 fully saturated rings. The van der Waals surface area contributed by atoms with Gasteiger partial charge in [0, 0.05) is 19.0 Å². The van der Waals surface area contributed by atoms with Gasteiger partial charge in [0.2, 0.25) is 11.8 Å². The minimum atomic E-state index is -0.536. The van der Waals surface area contributed by atoms with Crippen molar-refractivity contribution in [2.75, 3.05) is 13.7 Å². The summed E-state index contributed by atoms with van der Waals surface area (Å²) < 4.78 is 4.73. The fourth-order valence-corrected chi connectivity index (χ4v) is 3.63. The van der Waals surface area contributed by atoms with Crippen LogP contribution < -0.4 is 5.32 Å². The predicted molar refractivity (Wildman–Crippen MR) is 107 cm³/mol. The van der Waals surface area contributed by atoms with Gasteiger partial charge >= 0.3 is 5.97 Å². The lowest BCUT2D eigenvalue weighted by Crippen LogP contribution is -2.49. The molecule has 2 amide bonds. The number of carbonyl (C=O) groups excluding carboxylic acids is 3. The van der Waals surface area contributed by atoms with E-state index < -0.39 is 17.9 Å². The van der Waals surface area contributed by atoms with E-state index in [2.05, 4.69) is 5.32 Å². The molecule has 2 rings (SSSR count). The van der Waals surface area contributed by atoms with Crippen LogP contribution in [0, 0.1) is 11.8 Å². The molecule has 0 unspecified atom stereocenters. The predicted octanol–water partition coefficient (Wildman–Crippen LogP) is 2.91. The molecule has 1 heterocycles. The van der Waals surface area contributed by atoms with E-state index in [4.69, 9.17) is 4.74 Å². The molecule has 1 aromatic rings. The minimum absolute atomic E-state index is 0.0369. The average molecular weight is 389 g/mol. The molecule has 0 spiro atoms. The first-order chi connectivity index (χ1) is 13.4. The second-order valence-corrected chi connectivity index (χ2v) is 7.91. The molecule has 6 nitrogen and oxygen atoms in total. The number of esters is 1. The quantitative estimate of drug-likeness (QED) is 0.695. The molecule has 28 heavy (non-hydrogen) atoms. The van der Waals surface area contributed by atoms with Gasteiger partial charge < -0.3 is 15.0 Å². The third kappa shape index (κ3) is 6.66. The van der Waals surface area contributed by atoms with Gasteiger partial charge in [-0.05, 0) is 37.2 Å². The van der Waals surface area contributed by atoms with Crippen LogP contribution in [0.15, 0.2) is 30.3 Å². The Bertz CT molecular complexity index is 660. The summed E-state index contributed by atoms with van der Waals surface area (Å²) in [6.45, 7) is 5.26. The van der Waals surface area contributed by atoms with Crippen LogP contribution in [0.2, 0.25) is 0 Å². The highest BCUT2D eigenvalue weighted by Crippen LogP contribution is 2.19. The Balaban J connectivity index is 2.05. The number of hydrogen-bond acceptors (Lipinski definition) is 4. The molecule has 0 aliphatic carbocycles. The van der Waals surface area contributed by atoms with E-state index in [1.165, 1.54) is 7.11 Å². The molecule has 1 aromatic carbocycles. The number of amides is 2. The van der Waals surface area contributed by atoms with Crippen molar-refractivity contribution in [2.24, 2.45) is 11.8 Å². The van der Waals surface area contributed by atoms with E-state index in [0.717, 1.165) is 18.4 Å². The minimum Gasteiger partial charge on any atom is -0.469 e. The first-order valence-electron chi connectivity index (χ1n) is 10.1. The highest BCUT2D eigenvalue weighted by atomic mass is 16.5. The standard InChI is InChI=1S/C22H32N2O4/c1-16(2)13-18(14-20(25)28-3)21(26)23-19-11-7-8-12-24(22(19)27)15-17-9-5-4-6-10-17/h4-6,9-10,16,18-19H,7-8,11-15H2,1-3H3,(H,23,26)/t18-,19+/m1/s1. The third-order valence-electron chi connectivity index (χ3n) is 5.08. The van der Waals surface area contributed by atoms with Gasteiger partial charge in [0.15, 0.2) is 0 Å². The van der Waals surface area contributed by atoms with Crippen LogP contribution in [0.5, 0.6) is 0 Å². The van der Waals surface area contributed by atoms with Gasteiger partial charge in [-0.2, -0.15) is 0 Å². The molecule has 1 aliphatic rings. The van der Waals surface area contributed by atoms with E-state index in [-0.39, 0.29) is 24.2 Å². The molecule has 0 bridgehead atoms. The number of carbonyl (C=O) groups is 3. The molecular weight excluding hydrogens is 356 g/mol. The molecule has 2 atom stereocenters. The summed E-state index contributed by atoms with van der Waals surface area (Å²) in [5.41, 5.74) is 1.08. The average Bonchev–Trinajstić information content (AvgIpc) is 2.84. The lowest BCUT2D eigenvalue weighted by Gasteiger charge is -2.26. The first kappa shape index (κ1) is 21.9. The van der Waals surface area contributed by atoms with Crippen molar-refractivity contribution in [3.8, 4) is 0 Å². The van der Waals surface area contributed by atoms with Crippen molar-refractivity contribution in [3.63, 3.8) is 0 Å². The van der Waals surface area contributed by atoms with Crippen LogP contribution in [0.3, 0.4) is 0 Å². The number of nitrogens with one attached hydrogen (secondary N) is 1. The fourth-order valence-electron chi connectivity index (χ4n) is 3.63. The van der Waals surface area contributed by atoms with E-state index in [9.17, 15) is 14.4 Å². The lowest BCUT2D eigenvalue weighted by molar-refractivity contribution is -0.145. The summed E-state index contributed by atoms with van der Waals surface area (Å²) >= 11 is 0. The molecule has 0 aromatic heterocycles. The molecule has 1 saturated heterocycles.